The van der Waals surface area contributed by atoms with Crippen LogP contribution in [0.4, 0.5) is 0 Å². The molecule has 0 spiro atoms. The van der Waals surface area contributed by atoms with Gasteiger partial charge in [-0.3, -0.25) is 14.7 Å². The highest BCUT2D eigenvalue weighted by Crippen LogP contribution is 2.20. The van der Waals surface area contributed by atoms with Crippen LogP contribution in [0.15, 0.2) is 48.8 Å². The molecule has 0 saturated carbocycles. The second kappa shape index (κ2) is 8.27. The van der Waals surface area contributed by atoms with Crippen molar-refractivity contribution in [1.29, 1.82) is 0 Å². The van der Waals surface area contributed by atoms with Crippen molar-refractivity contribution in [3.8, 4) is 0 Å². The summed E-state index contributed by atoms with van der Waals surface area (Å²) in [6, 6.07) is 11.8. The molecule has 2 heterocycles. The minimum atomic E-state index is 0.113. The maximum atomic E-state index is 12.3. The predicted octanol–water partition coefficient (Wildman–Crippen LogP) is 3.26. The molecule has 5 heteroatoms. The number of hydrogen-bond acceptors (Lipinski definition) is 3. The molecule has 1 aromatic carbocycles. The van der Waals surface area contributed by atoms with Crippen LogP contribution in [0.1, 0.15) is 24.0 Å². The van der Waals surface area contributed by atoms with Crippen LogP contribution >= 0.6 is 11.6 Å². The Bertz CT molecular complexity index is 669. The molecule has 0 unspecified atom stereocenters. The molecule has 2 aromatic rings. The standard InChI is InChI=1S/C19H22ClN3O/c20-18-3-1-2-16(12-18)14-23-10-6-17(7-11-23)19(24)22-13-15-4-8-21-9-5-15/h1-5,8-9,12,17H,6-7,10-11,13-14H2,(H,22,24). The SMILES string of the molecule is O=C(NCc1ccncc1)C1CCN(Cc2cccc(Cl)c2)CC1. The smallest absolute Gasteiger partial charge is 0.223 e. The molecule has 126 valence electrons. The van der Waals surface area contributed by atoms with Crippen molar-refractivity contribution in [3.63, 3.8) is 0 Å². The van der Waals surface area contributed by atoms with Crippen LogP contribution in [0.25, 0.3) is 0 Å². The molecule has 0 atom stereocenters. The van der Waals surface area contributed by atoms with E-state index in [1.807, 2.05) is 30.3 Å². The number of nitrogens with zero attached hydrogens (tertiary/aromatic N) is 2. The molecular formula is C19H22ClN3O. The van der Waals surface area contributed by atoms with E-state index in [-0.39, 0.29) is 11.8 Å². The molecule has 1 aromatic heterocycles. The Kier molecular flexibility index (Phi) is 5.83. The summed E-state index contributed by atoms with van der Waals surface area (Å²) in [6.45, 7) is 3.36. The normalized spacial score (nSPS) is 16.0. The first-order chi connectivity index (χ1) is 11.7. The van der Waals surface area contributed by atoms with E-state index in [2.05, 4.69) is 21.3 Å². The zero-order valence-electron chi connectivity index (χ0n) is 13.6. The first-order valence-corrected chi connectivity index (χ1v) is 8.72. The summed E-state index contributed by atoms with van der Waals surface area (Å²) in [5, 5.41) is 3.81. The molecule has 24 heavy (non-hydrogen) atoms. The van der Waals surface area contributed by atoms with Gasteiger partial charge in [-0.1, -0.05) is 23.7 Å². The zero-order chi connectivity index (χ0) is 16.8. The van der Waals surface area contributed by atoms with E-state index in [4.69, 9.17) is 11.6 Å². The lowest BCUT2D eigenvalue weighted by Gasteiger charge is -2.31. The van der Waals surface area contributed by atoms with Gasteiger partial charge < -0.3 is 5.32 Å². The summed E-state index contributed by atoms with van der Waals surface area (Å²) in [5.74, 6) is 0.275. The average molecular weight is 344 g/mol. The third kappa shape index (κ3) is 4.79. The third-order valence-electron chi connectivity index (χ3n) is 4.47. The van der Waals surface area contributed by atoms with E-state index < -0.39 is 0 Å². The number of rotatable bonds is 5. The Labute approximate surface area is 147 Å². The number of benzene rings is 1. The first kappa shape index (κ1) is 16.9. The lowest BCUT2D eigenvalue weighted by Crippen LogP contribution is -2.40. The van der Waals surface area contributed by atoms with Crippen LogP contribution in [0.5, 0.6) is 0 Å². The molecule has 0 aliphatic carbocycles. The van der Waals surface area contributed by atoms with Crippen molar-refractivity contribution in [3.05, 3.63) is 64.9 Å². The number of aromatic nitrogens is 1. The second-order valence-corrected chi connectivity index (χ2v) is 6.69. The first-order valence-electron chi connectivity index (χ1n) is 8.34. The van der Waals surface area contributed by atoms with Gasteiger partial charge in [0.05, 0.1) is 0 Å². The fourth-order valence-corrected chi connectivity index (χ4v) is 3.29. The number of carbonyl (C=O) groups excluding carboxylic acids is 1. The van der Waals surface area contributed by atoms with E-state index in [9.17, 15) is 4.79 Å². The number of hydrogen-bond donors (Lipinski definition) is 1. The van der Waals surface area contributed by atoms with Gasteiger partial charge in [0, 0.05) is 36.4 Å². The Morgan fingerprint density at radius 2 is 1.92 bits per heavy atom. The molecule has 1 aliphatic heterocycles. The third-order valence-corrected chi connectivity index (χ3v) is 4.70. The van der Waals surface area contributed by atoms with Gasteiger partial charge in [0.15, 0.2) is 0 Å². The Morgan fingerprint density at radius 3 is 2.62 bits per heavy atom. The number of halogens is 1. The molecular weight excluding hydrogens is 322 g/mol. The van der Waals surface area contributed by atoms with Crippen molar-refractivity contribution in [2.24, 2.45) is 5.92 Å². The van der Waals surface area contributed by atoms with Gasteiger partial charge >= 0.3 is 0 Å². The number of pyridine rings is 1. The predicted molar refractivity (Wildman–Crippen MR) is 95.5 cm³/mol. The second-order valence-electron chi connectivity index (χ2n) is 6.25. The van der Waals surface area contributed by atoms with Crippen molar-refractivity contribution >= 4 is 17.5 Å². The van der Waals surface area contributed by atoms with Crippen LogP contribution in [-0.4, -0.2) is 28.9 Å². The number of piperidine rings is 1. The highest BCUT2D eigenvalue weighted by molar-refractivity contribution is 6.30. The van der Waals surface area contributed by atoms with E-state index in [0.717, 1.165) is 43.1 Å². The number of carbonyl (C=O) groups is 1. The Morgan fingerprint density at radius 1 is 1.17 bits per heavy atom. The van der Waals surface area contributed by atoms with Gasteiger partial charge in [-0.05, 0) is 61.3 Å². The van der Waals surface area contributed by atoms with Gasteiger partial charge in [-0.15, -0.1) is 0 Å². The summed E-state index contributed by atoms with van der Waals surface area (Å²) >= 11 is 6.04. The van der Waals surface area contributed by atoms with E-state index in [1.54, 1.807) is 12.4 Å². The maximum absolute atomic E-state index is 12.3. The molecule has 1 aliphatic rings. The number of likely N-dealkylation sites (tertiary alicyclic amines) is 1. The minimum absolute atomic E-state index is 0.113. The van der Waals surface area contributed by atoms with Crippen LogP contribution < -0.4 is 5.32 Å². The number of nitrogens with one attached hydrogen (secondary N) is 1. The quantitative estimate of drug-likeness (QED) is 0.906. The maximum Gasteiger partial charge on any atom is 0.223 e. The molecule has 0 radical (unpaired) electrons. The topological polar surface area (TPSA) is 45.2 Å². The van der Waals surface area contributed by atoms with Gasteiger partial charge in [0.2, 0.25) is 5.91 Å². The van der Waals surface area contributed by atoms with Gasteiger partial charge in [0.25, 0.3) is 0 Å². The fourth-order valence-electron chi connectivity index (χ4n) is 3.08. The number of amides is 1. The fraction of sp³-hybridized carbons (Fsp3) is 0.368. The molecule has 0 bridgehead atoms. The monoisotopic (exact) mass is 343 g/mol. The average Bonchev–Trinajstić information content (AvgIpc) is 2.61. The van der Waals surface area contributed by atoms with Gasteiger partial charge in [-0.25, -0.2) is 0 Å². The van der Waals surface area contributed by atoms with Crippen molar-refractivity contribution < 1.29 is 4.79 Å². The van der Waals surface area contributed by atoms with Crippen molar-refractivity contribution in [2.45, 2.75) is 25.9 Å². The largest absolute Gasteiger partial charge is 0.352 e. The van der Waals surface area contributed by atoms with Crippen molar-refractivity contribution in [2.75, 3.05) is 13.1 Å². The summed E-state index contributed by atoms with van der Waals surface area (Å²) < 4.78 is 0. The van der Waals surface area contributed by atoms with E-state index >= 15 is 0 Å². The minimum Gasteiger partial charge on any atom is -0.352 e. The van der Waals surface area contributed by atoms with Crippen LogP contribution in [0, 0.1) is 5.92 Å². The zero-order valence-corrected chi connectivity index (χ0v) is 14.4. The van der Waals surface area contributed by atoms with Crippen LogP contribution in [0.2, 0.25) is 5.02 Å². The summed E-state index contributed by atoms with van der Waals surface area (Å²) in [4.78, 5) is 18.7. The Hall–Kier alpha value is -1.91. The van der Waals surface area contributed by atoms with Gasteiger partial charge in [-0.2, -0.15) is 0 Å². The molecule has 1 fully saturated rings. The molecule has 1 N–H and O–H groups in total. The molecule has 3 rings (SSSR count). The lowest BCUT2D eigenvalue weighted by atomic mass is 9.95. The highest BCUT2D eigenvalue weighted by atomic mass is 35.5. The van der Waals surface area contributed by atoms with Crippen LogP contribution in [-0.2, 0) is 17.9 Å². The molecule has 4 nitrogen and oxygen atoms in total. The Balaban J connectivity index is 1.43. The highest BCUT2D eigenvalue weighted by Gasteiger charge is 2.24. The lowest BCUT2D eigenvalue weighted by molar-refractivity contribution is -0.126. The summed E-state index contributed by atoms with van der Waals surface area (Å²) in [5.41, 5.74) is 2.31. The summed E-state index contributed by atoms with van der Waals surface area (Å²) in [7, 11) is 0. The van der Waals surface area contributed by atoms with Gasteiger partial charge in [0.1, 0.15) is 0 Å². The van der Waals surface area contributed by atoms with Crippen molar-refractivity contribution in [1.82, 2.24) is 15.2 Å². The van der Waals surface area contributed by atoms with E-state index in [1.165, 1.54) is 5.56 Å². The summed E-state index contributed by atoms with van der Waals surface area (Å²) in [6.07, 6.45) is 5.30. The van der Waals surface area contributed by atoms with Crippen LogP contribution in [0.3, 0.4) is 0 Å². The molecule has 1 amide bonds. The van der Waals surface area contributed by atoms with E-state index in [0.29, 0.717) is 6.54 Å². The molecule has 1 saturated heterocycles.